The highest BCUT2D eigenvalue weighted by molar-refractivity contribution is 8.13. The maximum absolute atomic E-state index is 13.2. The lowest BCUT2D eigenvalue weighted by Gasteiger charge is -2.18. The maximum Gasteiger partial charge on any atom is 0.306 e. The van der Waals surface area contributed by atoms with Crippen LogP contribution in [0.15, 0.2) is 23.0 Å². The number of carbonyl (C=O) groups is 1. The number of nitrogens with two attached hydrogens (primary N) is 1. The van der Waals surface area contributed by atoms with Crippen LogP contribution in [0.4, 0.5) is 10.6 Å². The van der Waals surface area contributed by atoms with E-state index in [1.165, 1.54) is 9.36 Å². The van der Waals surface area contributed by atoms with Crippen LogP contribution in [-0.2, 0) is 0 Å². The van der Waals surface area contributed by atoms with Gasteiger partial charge in [0.05, 0.1) is 21.7 Å². The highest BCUT2D eigenvalue weighted by Crippen LogP contribution is 2.37. The molecule has 0 bridgehead atoms. The van der Waals surface area contributed by atoms with E-state index in [1.807, 2.05) is 20.8 Å². The number of carbonyl (C=O) groups excluding carboxylic acids is 1. The molecule has 1 aromatic carbocycles. The Morgan fingerprint density at radius 2 is 1.73 bits per heavy atom. The van der Waals surface area contributed by atoms with Crippen LogP contribution in [0, 0.1) is 0 Å². The van der Waals surface area contributed by atoms with Gasteiger partial charge in [-0.05, 0) is 31.4 Å². The molecule has 2 N–H and O–H groups in total. The number of hydrogen-bond donors (Lipinski definition) is 1. The SMILES string of the molecule is CCCSC(=O)n1c(N)c(-c2c(Cl)cccc2Cl)c(=O)n1C(CC)CC. The third-order valence-corrected chi connectivity index (χ3v) is 5.89. The van der Waals surface area contributed by atoms with E-state index in [4.69, 9.17) is 28.9 Å². The van der Waals surface area contributed by atoms with Crippen molar-refractivity contribution < 1.29 is 4.79 Å². The standard InChI is InChI=1S/C18H23Cl2N3O2S/c1-4-10-26-18(25)23-16(21)15(14-12(19)8-7-9-13(14)20)17(24)22(23)11(5-2)6-3/h7-9,11H,4-6,10,21H2,1-3H3. The molecular weight excluding hydrogens is 393 g/mol. The Labute approximate surface area is 167 Å². The molecule has 0 fully saturated rings. The number of nitrogen functional groups attached to an aromatic ring is 1. The van der Waals surface area contributed by atoms with E-state index in [2.05, 4.69) is 0 Å². The van der Waals surface area contributed by atoms with Crippen molar-refractivity contribution >= 4 is 46.0 Å². The Hall–Kier alpha value is -1.37. The molecule has 142 valence electrons. The lowest BCUT2D eigenvalue weighted by Crippen LogP contribution is -2.30. The summed E-state index contributed by atoms with van der Waals surface area (Å²) in [7, 11) is 0. The van der Waals surface area contributed by atoms with Crippen molar-refractivity contribution in [2.24, 2.45) is 0 Å². The molecule has 2 aromatic rings. The number of rotatable bonds is 6. The lowest BCUT2D eigenvalue weighted by molar-refractivity contribution is 0.251. The van der Waals surface area contributed by atoms with Crippen molar-refractivity contribution in [1.82, 2.24) is 9.36 Å². The summed E-state index contributed by atoms with van der Waals surface area (Å²) >= 11 is 13.7. The summed E-state index contributed by atoms with van der Waals surface area (Å²) in [5.41, 5.74) is 6.48. The number of aromatic nitrogens is 2. The summed E-state index contributed by atoms with van der Waals surface area (Å²) in [5, 5.41) is 0.371. The number of halogens is 2. The fourth-order valence-electron chi connectivity index (χ4n) is 2.91. The third kappa shape index (κ3) is 3.82. The monoisotopic (exact) mass is 415 g/mol. The molecule has 0 aliphatic carbocycles. The summed E-state index contributed by atoms with van der Waals surface area (Å²) in [5.74, 6) is 0.723. The van der Waals surface area contributed by atoms with Gasteiger partial charge in [-0.3, -0.25) is 9.59 Å². The molecule has 0 spiro atoms. The third-order valence-electron chi connectivity index (χ3n) is 4.23. The van der Waals surface area contributed by atoms with Crippen LogP contribution in [0.3, 0.4) is 0 Å². The van der Waals surface area contributed by atoms with E-state index < -0.39 is 0 Å². The first-order chi connectivity index (χ1) is 12.4. The van der Waals surface area contributed by atoms with E-state index in [-0.39, 0.29) is 28.2 Å². The second kappa shape index (κ2) is 9.02. The number of thioether (sulfide) groups is 1. The number of hydrogen-bond acceptors (Lipinski definition) is 4. The topological polar surface area (TPSA) is 70.0 Å². The molecule has 0 radical (unpaired) electrons. The average Bonchev–Trinajstić information content (AvgIpc) is 2.86. The van der Waals surface area contributed by atoms with Crippen LogP contribution in [0.1, 0.15) is 46.1 Å². The molecule has 0 aliphatic rings. The van der Waals surface area contributed by atoms with E-state index >= 15 is 0 Å². The molecule has 0 amide bonds. The second-order valence-corrected chi connectivity index (χ2v) is 7.76. The first-order valence-electron chi connectivity index (χ1n) is 8.63. The molecule has 5 nitrogen and oxygen atoms in total. The van der Waals surface area contributed by atoms with Gasteiger partial charge in [0.15, 0.2) is 0 Å². The zero-order valence-corrected chi connectivity index (χ0v) is 17.4. The van der Waals surface area contributed by atoms with Crippen molar-refractivity contribution in [2.45, 2.75) is 46.1 Å². The minimum atomic E-state index is -0.350. The predicted octanol–water partition coefficient (Wildman–Crippen LogP) is 5.68. The largest absolute Gasteiger partial charge is 0.383 e. The zero-order valence-electron chi connectivity index (χ0n) is 15.1. The van der Waals surface area contributed by atoms with E-state index in [9.17, 15) is 9.59 Å². The Morgan fingerprint density at radius 1 is 1.15 bits per heavy atom. The molecule has 0 unspecified atom stereocenters. The van der Waals surface area contributed by atoms with Crippen molar-refractivity contribution in [2.75, 3.05) is 11.5 Å². The molecule has 1 aromatic heterocycles. The van der Waals surface area contributed by atoms with Crippen LogP contribution in [0.25, 0.3) is 11.1 Å². The fraction of sp³-hybridized carbons (Fsp3) is 0.444. The van der Waals surface area contributed by atoms with E-state index in [0.29, 0.717) is 34.2 Å². The van der Waals surface area contributed by atoms with Crippen LogP contribution < -0.4 is 11.3 Å². The molecule has 0 atom stereocenters. The van der Waals surface area contributed by atoms with Crippen molar-refractivity contribution in [1.29, 1.82) is 0 Å². The van der Waals surface area contributed by atoms with Gasteiger partial charge in [0.2, 0.25) is 0 Å². The number of anilines is 1. The van der Waals surface area contributed by atoms with Gasteiger partial charge in [-0.25, -0.2) is 4.68 Å². The Bertz CT molecular complexity index is 837. The second-order valence-electron chi connectivity index (χ2n) is 5.90. The van der Waals surface area contributed by atoms with Crippen molar-refractivity contribution in [3.8, 4) is 11.1 Å². The summed E-state index contributed by atoms with van der Waals surface area (Å²) in [4.78, 5) is 26.0. The smallest absolute Gasteiger partial charge is 0.306 e. The first-order valence-corrected chi connectivity index (χ1v) is 10.4. The van der Waals surface area contributed by atoms with Crippen LogP contribution in [0.5, 0.6) is 0 Å². The molecule has 26 heavy (non-hydrogen) atoms. The zero-order chi connectivity index (χ0) is 19.4. The Kier molecular flexibility index (Phi) is 7.26. The van der Waals surface area contributed by atoms with Gasteiger partial charge in [0.25, 0.3) is 5.56 Å². The van der Waals surface area contributed by atoms with Gasteiger partial charge in [0.1, 0.15) is 5.82 Å². The van der Waals surface area contributed by atoms with Gasteiger partial charge < -0.3 is 5.73 Å². The average molecular weight is 416 g/mol. The maximum atomic E-state index is 13.2. The summed E-state index contributed by atoms with van der Waals surface area (Å²) in [6, 6.07) is 4.84. The minimum Gasteiger partial charge on any atom is -0.383 e. The van der Waals surface area contributed by atoms with Crippen LogP contribution in [-0.4, -0.2) is 20.4 Å². The van der Waals surface area contributed by atoms with Gasteiger partial charge in [0, 0.05) is 11.3 Å². The van der Waals surface area contributed by atoms with Gasteiger partial charge in [-0.1, -0.05) is 61.8 Å². The Balaban J connectivity index is 2.80. The summed E-state index contributed by atoms with van der Waals surface area (Å²) in [6.07, 6.45) is 2.23. The Morgan fingerprint density at radius 3 is 2.23 bits per heavy atom. The van der Waals surface area contributed by atoms with Crippen LogP contribution in [0.2, 0.25) is 10.0 Å². The van der Waals surface area contributed by atoms with E-state index in [0.717, 1.165) is 18.2 Å². The first kappa shape index (κ1) is 20.9. The molecular formula is C18H23Cl2N3O2S. The molecule has 8 heteroatoms. The molecule has 0 aliphatic heterocycles. The fourth-order valence-corrected chi connectivity index (χ4v) is 4.18. The quantitative estimate of drug-likeness (QED) is 0.658. The summed E-state index contributed by atoms with van der Waals surface area (Å²) in [6.45, 7) is 5.93. The molecule has 0 saturated carbocycles. The minimum absolute atomic E-state index is 0.0745. The van der Waals surface area contributed by atoms with Crippen molar-refractivity contribution in [3.05, 3.63) is 38.6 Å². The summed E-state index contributed by atoms with van der Waals surface area (Å²) < 4.78 is 2.74. The lowest BCUT2D eigenvalue weighted by atomic mass is 10.1. The van der Waals surface area contributed by atoms with Gasteiger partial charge in [-0.15, -0.1) is 0 Å². The number of benzene rings is 1. The molecule has 2 rings (SSSR count). The normalized spacial score (nSPS) is 11.3. The van der Waals surface area contributed by atoms with Crippen LogP contribution >= 0.6 is 35.0 Å². The number of nitrogens with zero attached hydrogens (tertiary/aromatic N) is 2. The van der Waals surface area contributed by atoms with Gasteiger partial charge in [-0.2, -0.15) is 4.68 Å². The molecule has 0 saturated heterocycles. The van der Waals surface area contributed by atoms with E-state index in [1.54, 1.807) is 18.2 Å². The van der Waals surface area contributed by atoms with Crippen molar-refractivity contribution in [3.63, 3.8) is 0 Å². The van der Waals surface area contributed by atoms with Gasteiger partial charge >= 0.3 is 5.24 Å². The molecule has 1 heterocycles. The highest BCUT2D eigenvalue weighted by Gasteiger charge is 2.28. The predicted molar refractivity (Wildman–Crippen MR) is 112 cm³/mol. The highest BCUT2D eigenvalue weighted by atomic mass is 35.5.